The van der Waals surface area contributed by atoms with Crippen LogP contribution in [0.15, 0.2) is 67.3 Å². The summed E-state index contributed by atoms with van der Waals surface area (Å²) in [5.74, 6) is 0.0652. The van der Waals surface area contributed by atoms with Crippen molar-refractivity contribution in [1.82, 2.24) is 0 Å². The highest BCUT2D eigenvalue weighted by atomic mass is 16.2. The molecule has 110 valence electrons. The zero-order valence-corrected chi connectivity index (χ0v) is 12.4. The molecule has 2 aromatic rings. The summed E-state index contributed by atoms with van der Waals surface area (Å²) in [6, 6.07) is 19.0. The zero-order valence-electron chi connectivity index (χ0n) is 12.4. The van der Waals surface area contributed by atoms with E-state index in [0.29, 0.717) is 24.9 Å². The van der Waals surface area contributed by atoms with Gasteiger partial charge in [0.15, 0.2) is 0 Å². The second-order valence-corrected chi connectivity index (χ2v) is 4.94. The molecule has 0 spiro atoms. The summed E-state index contributed by atoms with van der Waals surface area (Å²) in [4.78, 5) is 14.2. The summed E-state index contributed by atoms with van der Waals surface area (Å²) in [5.41, 5.74) is 2.57. The van der Waals surface area contributed by atoms with Gasteiger partial charge in [-0.2, -0.15) is 5.26 Å². The Labute approximate surface area is 131 Å². The molecule has 0 bridgehead atoms. The fraction of sp³-hybridized carbons (Fsp3) is 0.158. The van der Waals surface area contributed by atoms with Crippen molar-refractivity contribution in [2.24, 2.45) is 0 Å². The van der Waals surface area contributed by atoms with E-state index >= 15 is 0 Å². The van der Waals surface area contributed by atoms with Crippen LogP contribution in [-0.2, 0) is 11.2 Å². The van der Waals surface area contributed by atoms with E-state index in [-0.39, 0.29) is 5.91 Å². The van der Waals surface area contributed by atoms with Gasteiger partial charge in [0, 0.05) is 18.7 Å². The largest absolute Gasteiger partial charge is 0.309 e. The van der Waals surface area contributed by atoms with Crippen LogP contribution in [-0.4, -0.2) is 12.5 Å². The number of carbonyl (C=O) groups excluding carboxylic acids is 1. The molecule has 0 aliphatic heterocycles. The summed E-state index contributed by atoms with van der Waals surface area (Å²) in [6.45, 7) is 4.22. The van der Waals surface area contributed by atoms with Crippen molar-refractivity contribution < 1.29 is 4.79 Å². The van der Waals surface area contributed by atoms with Crippen LogP contribution in [0.3, 0.4) is 0 Å². The third-order valence-electron chi connectivity index (χ3n) is 3.39. The Hall–Kier alpha value is -2.86. The van der Waals surface area contributed by atoms with Gasteiger partial charge in [0.05, 0.1) is 11.6 Å². The number of benzene rings is 2. The van der Waals surface area contributed by atoms with Gasteiger partial charge < -0.3 is 4.90 Å². The summed E-state index contributed by atoms with van der Waals surface area (Å²) in [7, 11) is 0. The van der Waals surface area contributed by atoms with Crippen molar-refractivity contribution in [3.8, 4) is 6.07 Å². The van der Waals surface area contributed by atoms with Gasteiger partial charge in [0.1, 0.15) is 0 Å². The molecule has 1 amide bonds. The number of anilines is 1. The quantitative estimate of drug-likeness (QED) is 0.761. The topological polar surface area (TPSA) is 44.1 Å². The minimum Gasteiger partial charge on any atom is -0.309 e. The van der Waals surface area contributed by atoms with Gasteiger partial charge in [-0.05, 0) is 36.2 Å². The standard InChI is InChI=1S/C19H18N2O/c1-2-14-21(18-6-4-3-5-7-18)19(22)13-12-16-8-10-17(15-20)11-9-16/h2-11H,1,12-14H2. The molecular formula is C19H18N2O. The second kappa shape index (κ2) is 7.80. The minimum atomic E-state index is 0.0652. The smallest absolute Gasteiger partial charge is 0.227 e. The molecule has 0 radical (unpaired) electrons. The molecular weight excluding hydrogens is 272 g/mol. The predicted octanol–water partition coefficient (Wildman–Crippen LogP) is 3.71. The van der Waals surface area contributed by atoms with Crippen molar-refractivity contribution in [3.63, 3.8) is 0 Å². The van der Waals surface area contributed by atoms with Crippen LogP contribution in [0.4, 0.5) is 5.69 Å². The molecule has 0 saturated carbocycles. The van der Waals surface area contributed by atoms with Crippen LogP contribution < -0.4 is 4.90 Å². The number of amides is 1. The molecule has 0 atom stereocenters. The fourth-order valence-corrected chi connectivity index (χ4v) is 2.22. The van der Waals surface area contributed by atoms with E-state index in [2.05, 4.69) is 12.6 Å². The predicted molar refractivity (Wildman–Crippen MR) is 88.5 cm³/mol. The van der Waals surface area contributed by atoms with Crippen LogP contribution in [0, 0.1) is 11.3 Å². The third-order valence-corrected chi connectivity index (χ3v) is 3.39. The number of aryl methyl sites for hydroxylation is 1. The molecule has 0 aromatic heterocycles. The highest BCUT2D eigenvalue weighted by molar-refractivity contribution is 5.93. The minimum absolute atomic E-state index is 0.0652. The van der Waals surface area contributed by atoms with E-state index in [0.717, 1.165) is 11.3 Å². The molecule has 0 aliphatic carbocycles. The van der Waals surface area contributed by atoms with Crippen molar-refractivity contribution in [2.45, 2.75) is 12.8 Å². The summed E-state index contributed by atoms with van der Waals surface area (Å²) in [6.07, 6.45) is 2.81. The number of hydrogen-bond acceptors (Lipinski definition) is 2. The van der Waals surface area contributed by atoms with Crippen molar-refractivity contribution >= 4 is 11.6 Å². The van der Waals surface area contributed by atoms with Crippen LogP contribution >= 0.6 is 0 Å². The number of nitriles is 1. The first-order valence-corrected chi connectivity index (χ1v) is 7.20. The van der Waals surface area contributed by atoms with E-state index in [1.54, 1.807) is 23.1 Å². The van der Waals surface area contributed by atoms with E-state index in [1.807, 2.05) is 42.5 Å². The average molecular weight is 290 g/mol. The van der Waals surface area contributed by atoms with Crippen molar-refractivity contribution in [1.29, 1.82) is 5.26 Å². The molecule has 3 nitrogen and oxygen atoms in total. The van der Waals surface area contributed by atoms with Crippen LogP contribution in [0.5, 0.6) is 0 Å². The lowest BCUT2D eigenvalue weighted by atomic mass is 10.1. The van der Waals surface area contributed by atoms with Gasteiger partial charge in [0.2, 0.25) is 5.91 Å². The number of rotatable bonds is 6. The molecule has 22 heavy (non-hydrogen) atoms. The van der Waals surface area contributed by atoms with E-state index < -0.39 is 0 Å². The Morgan fingerprint density at radius 2 is 1.82 bits per heavy atom. The maximum Gasteiger partial charge on any atom is 0.227 e. The lowest BCUT2D eigenvalue weighted by Crippen LogP contribution is -2.31. The molecule has 0 heterocycles. The summed E-state index contributed by atoms with van der Waals surface area (Å²) < 4.78 is 0. The molecule has 2 rings (SSSR count). The molecule has 0 N–H and O–H groups in total. The average Bonchev–Trinajstić information content (AvgIpc) is 2.58. The number of para-hydroxylation sites is 1. The van der Waals surface area contributed by atoms with Crippen LogP contribution in [0.25, 0.3) is 0 Å². The van der Waals surface area contributed by atoms with Crippen LogP contribution in [0.1, 0.15) is 17.5 Å². The molecule has 2 aromatic carbocycles. The second-order valence-electron chi connectivity index (χ2n) is 4.94. The molecule has 0 unspecified atom stereocenters. The van der Waals surface area contributed by atoms with Crippen molar-refractivity contribution in [3.05, 3.63) is 78.4 Å². The first-order chi connectivity index (χ1) is 10.7. The number of nitrogens with zero attached hydrogens (tertiary/aromatic N) is 2. The highest BCUT2D eigenvalue weighted by Gasteiger charge is 2.13. The molecule has 0 fully saturated rings. The van der Waals surface area contributed by atoms with Crippen molar-refractivity contribution in [2.75, 3.05) is 11.4 Å². The van der Waals surface area contributed by atoms with Gasteiger partial charge in [-0.15, -0.1) is 6.58 Å². The first-order valence-electron chi connectivity index (χ1n) is 7.20. The Balaban J connectivity index is 2.02. The maximum absolute atomic E-state index is 12.5. The lowest BCUT2D eigenvalue weighted by Gasteiger charge is -2.21. The van der Waals surface area contributed by atoms with Crippen LogP contribution in [0.2, 0.25) is 0 Å². The van der Waals surface area contributed by atoms with Gasteiger partial charge in [-0.3, -0.25) is 4.79 Å². The monoisotopic (exact) mass is 290 g/mol. The number of hydrogen-bond donors (Lipinski definition) is 0. The molecule has 0 saturated heterocycles. The maximum atomic E-state index is 12.5. The number of carbonyl (C=O) groups is 1. The molecule has 0 aliphatic rings. The Bertz CT molecular complexity index is 669. The zero-order chi connectivity index (χ0) is 15.8. The first kappa shape index (κ1) is 15.5. The third kappa shape index (κ3) is 4.07. The van der Waals surface area contributed by atoms with E-state index in [1.165, 1.54) is 0 Å². The highest BCUT2D eigenvalue weighted by Crippen LogP contribution is 2.15. The van der Waals surface area contributed by atoms with Gasteiger partial charge >= 0.3 is 0 Å². The normalized spacial score (nSPS) is 9.77. The SMILES string of the molecule is C=CCN(C(=O)CCc1ccc(C#N)cc1)c1ccccc1. The summed E-state index contributed by atoms with van der Waals surface area (Å²) in [5, 5.41) is 8.78. The van der Waals surface area contributed by atoms with E-state index in [9.17, 15) is 4.79 Å². The molecule has 3 heteroatoms. The van der Waals surface area contributed by atoms with Gasteiger partial charge in [0.25, 0.3) is 0 Å². The van der Waals surface area contributed by atoms with Gasteiger partial charge in [-0.25, -0.2) is 0 Å². The summed E-state index contributed by atoms with van der Waals surface area (Å²) >= 11 is 0. The lowest BCUT2D eigenvalue weighted by molar-refractivity contribution is -0.118. The Morgan fingerprint density at radius 3 is 2.41 bits per heavy atom. The van der Waals surface area contributed by atoms with Gasteiger partial charge in [-0.1, -0.05) is 36.4 Å². The Kier molecular flexibility index (Phi) is 5.50. The fourth-order valence-electron chi connectivity index (χ4n) is 2.22. The van der Waals surface area contributed by atoms with E-state index in [4.69, 9.17) is 5.26 Å². The Morgan fingerprint density at radius 1 is 1.14 bits per heavy atom.